The lowest BCUT2D eigenvalue weighted by Gasteiger charge is -2.35. The van der Waals surface area contributed by atoms with Gasteiger partial charge < -0.3 is 18.9 Å². The molecule has 0 saturated carbocycles. The minimum atomic E-state index is -0.237. The monoisotopic (exact) mass is 489 g/mol. The molecule has 1 aliphatic carbocycles. The summed E-state index contributed by atoms with van der Waals surface area (Å²) in [6.07, 6.45) is 4.34. The van der Waals surface area contributed by atoms with Gasteiger partial charge in [-0.25, -0.2) is 4.39 Å². The minimum Gasteiger partial charge on any atom is -0.454 e. The number of piperazine rings is 1. The van der Waals surface area contributed by atoms with E-state index in [0.29, 0.717) is 19.6 Å². The quantitative estimate of drug-likeness (QED) is 0.528. The van der Waals surface area contributed by atoms with E-state index in [0.717, 1.165) is 67.2 Å². The highest BCUT2D eigenvalue weighted by Gasteiger charge is 2.30. The molecule has 6 rings (SSSR count). The van der Waals surface area contributed by atoms with Gasteiger partial charge in [0.05, 0.1) is 0 Å². The van der Waals surface area contributed by atoms with Crippen LogP contribution in [-0.2, 0) is 25.9 Å². The van der Waals surface area contributed by atoms with Crippen molar-refractivity contribution in [3.63, 3.8) is 0 Å². The highest BCUT2D eigenvalue weighted by molar-refractivity contribution is 5.95. The summed E-state index contributed by atoms with van der Waals surface area (Å²) in [6, 6.07) is 12.7. The Morgan fingerprint density at radius 1 is 0.889 bits per heavy atom. The molecule has 3 aromatic rings. The van der Waals surface area contributed by atoms with E-state index < -0.39 is 0 Å². The van der Waals surface area contributed by atoms with Gasteiger partial charge in [0.25, 0.3) is 5.91 Å². The third-order valence-corrected chi connectivity index (χ3v) is 7.80. The van der Waals surface area contributed by atoms with Crippen molar-refractivity contribution in [2.24, 2.45) is 0 Å². The average Bonchev–Trinajstić information content (AvgIpc) is 3.48. The first-order valence-corrected chi connectivity index (χ1v) is 12.9. The van der Waals surface area contributed by atoms with E-state index in [1.165, 1.54) is 35.4 Å². The average molecular weight is 490 g/mol. The molecule has 36 heavy (non-hydrogen) atoms. The van der Waals surface area contributed by atoms with Gasteiger partial charge in [-0.15, -0.1) is 0 Å². The number of aromatic nitrogens is 1. The number of carbonyl (C=O) groups is 1. The highest BCUT2D eigenvalue weighted by Crippen LogP contribution is 2.33. The van der Waals surface area contributed by atoms with Gasteiger partial charge >= 0.3 is 0 Å². The maximum atomic E-state index is 13.9. The number of nitrogens with zero attached hydrogens (tertiary/aromatic N) is 3. The smallest absolute Gasteiger partial charge is 0.270 e. The van der Waals surface area contributed by atoms with Gasteiger partial charge in [0.15, 0.2) is 11.5 Å². The predicted octanol–water partition coefficient (Wildman–Crippen LogP) is 4.55. The van der Waals surface area contributed by atoms with Gasteiger partial charge in [0.1, 0.15) is 11.5 Å². The van der Waals surface area contributed by atoms with Crippen LogP contribution >= 0.6 is 0 Å². The largest absolute Gasteiger partial charge is 0.454 e. The fraction of sp³-hybridized carbons (Fsp3) is 0.414. The van der Waals surface area contributed by atoms with Crippen molar-refractivity contribution in [2.75, 3.05) is 33.0 Å². The molecule has 1 aromatic heterocycles. The number of fused-ring (bicyclic) bond motifs is 2. The molecule has 3 heterocycles. The maximum Gasteiger partial charge on any atom is 0.270 e. The van der Waals surface area contributed by atoms with Crippen molar-refractivity contribution in [3.05, 3.63) is 81.9 Å². The van der Waals surface area contributed by atoms with Crippen LogP contribution in [0.3, 0.4) is 0 Å². The fourth-order valence-corrected chi connectivity index (χ4v) is 5.85. The molecule has 0 N–H and O–H groups in total. The van der Waals surface area contributed by atoms with Crippen LogP contribution in [0, 0.1) is 12.7 Å². The summed E-state index contributed by atoms with van der Waals surface area (Å²) in [4.78, 5) is 18.3. The van der Waals surface area contributed by atoms with Gasteiger partial charge in [0, 0.05) is 45.0 Å². The normalized spacial score (nSPS) is 17.3. The summed E-state index contributed by atoms with van der Waals surface area (Å²) < 4.78 is 26.7. The number of hydrogen-bond donors (Lipinski definition) is 0. The number of rotatable bonds is 5. The number of carbonyl (C=O) groups excluding carboxylic acids is 1. The zero-order valence-electron chi connectivity index (χ0n) is 20.8. The van der Waals surface area contributed by atoms with Crippen molar-refractivity contribution in [3.8, 4) is 11.5 Å². The van der Waals surface area contributed by atoms with Gasteiger partial charge in [0.2, 0.25) is 6.79 Å². The molecule has 2 aromatic carbocycles. The van der Waals surface area contributed by atoms with E-state index in [1.54, 1.807) is 0 Å². The van der Waals surface area contributed by atoms with Gasteiger partial charge in [-0.3, -0.25) is 9.69 Å². The zero-order valence-corrected chi connectivity index (χ0v) is 20.8. The molecule has 0 spiro atoms. The van der Waals surface area contributed by atoms with Crippen molar-refractivity contribution in [1.29, 1.82) is 0 Å². The lowest BCUT2D eigenvalue weighted by atomic mass is 9.95. The fourth-order valence-electron chi connectivity index (χ4n) is 5.85. The van der Waals surface area contributed by atoms with E-state index in [1.807, 2.05) is 23.1 Å². The molecule has 0 bridgehead atoms. The lowest BCUT2D eigenvalue weighted by molar-refractivity contribution is 0.0617. The van der Waals surface area contributed by atoms with E-state index in [9.17, 15) is 9.18 Å². The van der Waals surface area contributed by atoms with Crippen molar-refractivity contribution in [1.82, 2.24) is 14.4 Å². The Kier molecular flexibility index (Phi) is 6.17. The Hall–Kier alpha value is -3.32. The van der Waals surface area contributed by atoms with E-state index in [-0.39, 0.29) is 18.5 Å². The second-order valence-corrected chi connectivity index (χ2v) is 10.1. The molecule has 188 valence electrons. The molecule has 0 atom stereocenters. The van der Waals surface area contributed by atoms with Crippen LogP contribution < -0.4 is 9.47 Å². The highest BCUT2D eigenvalue weighted by atomic mass is 19.1. The van der Waals surface area contributed by atoms with Gasteiger partial charge in [-0.2, -0.15) is 0 Å². The van der Waals surface area contributed by atoms with Crippen LogP contribution in [0.1, 0.15) is 51.3 Å². The molecule has 6 nitrogen and oxygen atoms in total. The first kappa shape index (κ1) is 23.1. The SMILES string of the molecule is Cc1c2c(n(Cc3ccc(F)cc3)c1C(=O)N1CCN(Cc3ccc4c(c3)OCO4)CC1)CCCC2. The molecule has 2 aliphatic heterocycles. The van der Waals surface area contributed by atoms with E-state index in [2.05, 4.69) is 28.5 Å². The summed E-state index contributed by atoms with van der Waals surface area (Å²) in [6.45, 7) is 6.88. The minimum absolute atomic E-state index is 0.117. The zero-order chi connectivity index (χ0) is 24.6. The molecular weight excluding hydrogens is 457 g/mol. The Bertz CT molecular complexity index is 1280. The summed E-state index contributed by atoms with van der Waals surface area (Å²) in [7, 11) is 0. The summed E-state index contributed by atoms with van der Waals surface area (Å²) in [5.74, 6) is 1.49. The Labute approximate surface area is 211 Å². The third kappa shape index (κ3) is 4.37. The van der Waals surface area contributed by atoms with Crippen LogP contribution in [-0.4, -0.2) is 53.2 Å². The van der Waals surface area contributed by atoms with Crippen molar-refractivity contribution < 1.29 is 18.7 Å². The lowest BCUT2D eigenvalue weighted by Crippen LogP contribution is -2.48. The first-order chi connectivity index (χ1) is 17.6. The summed E-state index contributed by atoms with van der Waals surface area (Å²) >= 11 is 0. The van der Waals surface area contributed by atoms with Crippen LogP contribution in [0.25, 0.3) is 0 Å². The molecule has 3 aliphatic rings. The second-order valence-electron chi connectivity index (χ2n) is 10.1. The Morgan fingerprint density at radius 3 is 2.42 bits per heavy atom. The van der Waals surface area contributed by atoms with Crippen LogP contribution in [0.2, 0.25) is 0 Å². The number of benzene rings is 2. The van der Waals surface area contributed by atoms with Crippen molar-refractivity contribution >= 4 is 5.91 Å². The van der Waals surface area contributed by atoms with Gasteiger partial charge in [-0.05, 0) is 79.1 Å². The predicted molar refractivity (Wildman–Crippen MR) is 135 cm³/mol. The maximum absolute atomic E-state index is 13.9. The first-order valence-electron chi connectivity index (χ1n) is 12.9. The number of hydrogen-bond acceptors (Lipinski definition) is 4. The van der Waals surface area contributed by atoms with Crippen LogP contribution in [0.4, 0.5) is 4.39 Å². The number of ether oxygens (including phenoxy) is 2. The third-order valence-electron chi connectivity index (χ3n) is 7.80. The van der Waals surface area contributed by atoms with E-state index >= 15 is 0 Å². The second kappa shape index (κ2) is 9.62. The number of amides is 1. The molecule has 7 heteroatoms. The topological polar surface area (TPSA) is 46.9 Å². The summed E-state index contributed by atoms with van der Waals surface area (Å²) in [5.41, 5.74) is 6.77. The van der Waals surface area contributed by atoms with E-state index in [4.69, 9.17) is 9.47 Å². The Morgan fingerprint density at radius 2 is 1.61 bits per heavy atom. The Balaban J connectivity index is 1.18. The standard InChI is InChI=1S/C29H32FN3O3/c1-20-24-4-2-3-5-25(24)33(18-21-6-9-23(30)10-7-21)28(20)29(34)32-14-12-31(13-15-32)17-22-8-11-26-27(16-22)36-19-35-26/h6-11,16H,2-5,12-15,17-19H2,1H3. The molecular formula is C29H32FN3O3. The van der Waals surface area contributed by atoms with Crippen LogP contribution in [0.15, 0.2) is 42.5 Å². The van der Waals surface area contributed by atoms with Gasteiger partial charge in [-0.1, -0.05) is 18.2 Å². The number of halogens is 1. The molecule has 1 saturated heterocycles. The molecule has 0 unspecified atom stereocenters. The van der Waals surface area contributed by atoms with Crippen LogP contribution in [0.5, 0.6) is 11.5 Å². The molecule has 0 radical (unpaired) electrons. The molecule has 1 fully saturated rings. The van der Waals surface area contributed by atoms with Crippen molar-refractivity contribution in [2.45, 2.75) is 45.7 Å². The molecule has 1 amide bonds. The summed E-state index contributed by atoms with van der Waals surface area (Å²) in [5, 5.41) is 0.